The Morgan fingerprint density at radius 1 is 1.26 bits per heavy atom. The highest BCUT2D eigenvalue weighted by atomic mass is 16.7. The predicted octanol–water partition coefficient (Wildman–Crippen LogP) is 1.53. The number of carboxylic acids is 1. The molecule has 2 rings (SSSR count). The molecule has 1 aromatic rings. The van der Waals surface area contributed by atoms with E-state index in [1.807, 2.05) is 0 Å². The highest BCUT2D eigenvalue weighted by Gasteiger charge is 2.39. The minimum atomic E-state index is -1.34. The van der Waals surface area contributed by atoms with Gasteiger partial charge in [-0.15, -0.1) is 0 Å². The van der Waals surface area contributed by atoms with Crippen molar-refractivity contribution >= 4 is 23.6 Å². The molecular weight excluding hydrogens is 306 g/mol. The van der Waals surface area contributed by atoms with Crippen molar-refractivity contribution in [2.24, 2.45) is 0 Å². The van der Waals surface area contributed by atoms with E-state index in [4.69, 9.17) is 14.2 Å². The van der Waals surface area contributed by atoms with Crippen LogP contribution in [0.4, 0.5) is 5.69 Å². The van der Waals surface area contributed by atoms with Crippen molar-refractivity contribution in [2.75, 3.05) is 12.4 Å². The van der Waals surface area contributed by atoms with E-state index in [0.717, 1.165) is 6.20 Å². The second-order valence-corrected chi connectivity index (χ2v) is 5.10. The number of aromatic carboxylic acids is 1. The Morgan fingerprint density at radius 3 is 2.39 bits per heavy atom. The predicted molar refractivity (Wildman–Crippen MR) is 77.9 cm³/mol. The third-order valence-corrected chi connectivity index (χ3v) is 2.95. The molecule has 2 N–H and O–H groups in total. The maximum atomic E-state index is 11.8. The molecule has 0 aliphatic carbocycles. The molecule has 0 amide bonds. The molecule has 1 aromatic carbocycles. The average Bonchev–Trinajstić information content (AvgIpc) is 2.45. The van der Waals surface area contributed by atoms with Gasteiger partial charge < -0.3 is 24.6 Å². The molecule has 1 aliphatic rings. The van der Waals surface area contributed by atoms with Crippen LogP contribution >= 0.6 is 0 Å². The quantitative estimate of drug-likeness (QED) is 0.488. The highest BCUT2D eigenvalue weighted by Crippen LogP contribution is 2.25. The van der Waals surface area contributed by atoms with E-state index in [2.05, 4.69) is 5.32 Å². The van der Waals surface area contributed by atoms with Gasteiger partial charge >= 0.3 is 17.9 Å². The molecule has 0 aromatic heterocycles. The summed E-state index contributed by atoms with van der Waals surface area (Å²) in [5.41, 5.74) is -0.271. The number of carboxylic acid groups (broad SMARTS) is 1. The van der Waals surface area contributed by atoms with Crippen molar-refractivity contribution in [3.8, 4) is 5.75 Å². The number of hydrogen-bond acceptors (Lipinski definition) is 7. The van der Waals surface area contributed by atoms with Gasteiger partial charge in [0.15, 0.2) is 5.57 Å². The maximum absolute atomic E-state index is 11.8. The van der Waals surface area contributed by atoms with Gasteiger partial charge in [-0.05, 0) is 18.2 Å². The summed E-state index contributed by atoms with van der Waals surface area (Å²) in [6.45, 7) is 2.86. The average molecular weight is 321 g/mol. The number of anilines is 1. The summed E-state index contributed by atoms with van der Waals surface area (Å²) in [4.78, 5) is 34.8. The van der Waals surface area contributed by atoms with Gasteiger partial charge in [0.25, 0.3) is 5.79 Å². The highest BCUT2D eigenvalue weighted by molar-refractivity contribution is 6.15. The smallest absolute Gasteiger partial charge is 0.350 e. The van der Waals surface area contributed by atoms with Gasteiger partial charge in [0, 0.05) is 20.0 Å². The van der Waals surface area contributed by atoms with Gasteiger partial charge in [-0.25, -0.2) is 14.4 Å². The van der Waals surface area contributed by atoms with Crippen molar-refractivity contribution in [3.63, 3.8) is 0 Å². The third-order valence-electron chi connectivity index (χ3n) is 2.95. The number of nitrogens with one attached hydrogen (secondary N) is 1. The Balaban J connectivity index is 2.28. The SMILES string of the molecule is COc1ccc(NC=C2C(=O)OC(C)(C)OC2=O)c(C(=O)O)c1. The first kappa shape index (κ1) is 16.3. The number of rotatable bonds is 4. The molecule has 8 nitrogen and oxygen atoms in total. The lowest BCUT2D eigenvalue weighted by Gasteiger charge is -2.29. The molecule has 1 aliphatic heterocycles. The van der Waals surface area contributed by atoms with E-state index in [1.165, 1.54) is 39.2 Å². The molecule has 0 saturated carbocycles. The lowest BCUT2D eigenvalue weighted by molar-refractivity contribution is -0.222. The van der Waals surface area contributed by atoms with Crippen LogP contribution in [0.15, 0.2) is 30.0 Å². The third kappa shape index (κ3) is 3.60. The number of carbonyl (C=O) groups is 3. The van der Waals surface area contributed by atoms with Gasteiger partial charge in [0.05, 0.1) is 18.4 Å². The van der Waals surface area contributed by atoms with Gasteiger partial charge in [0.2, 0.25) is 0 Å². The summed E-state index contributed by atoms with van der Waals surface area (Å²) in [7, 11) is 1.41. The van der Waals surface area contributed by atoms with Gasteiger partial charge in [-0.1, -0.05) is 0 Å². The molecule has 1 saturated heterocycles. The zero-order chi connectivity index (χ0) is 17.2. The first-order valence-corrected chi connectivity index (χ1v) is 6.58. The summed E-state index contributed by atoms with van der Waals surface area (Å²) < 4.78 is 14.8. The van der Waals surface area contributed by atoms with Crippen molar-refractivity contribution in [1.29, 1.82) is 0 Å². The molecule has 23 heavy (non-hydrogen) atoms. The number of esters is 2. The first-order valence-electron chi connectivity index (χ1n) is 6.58. The Morgan fingerprint density at radius 2 is 1.87 bits per heavy atom. The molecule has 0 bridgehead atoms. The van der Waals surface area contributed by atoms with Gasteiger partial charge in [-0.3, -0.25) is 0 Å². The van der Waals surface area contributed by atoms with Gasteiger partial charge in [0.1, 0.15) is 5.75 Å². The van der Waals surface area contributed by atoms with E-state index in [0.29, 0.717) is 5.75 Å². The zero-order valence-electron chi connectivity index (χ0n) is 12.7. The minimum absolute atomic E-state index is 0.0842. The molecule has 0 unspecified atom stereocenters. The molecule has 0 spiro atoms. The van der Waals surface area contributed by atoms with Crippen molar-refractivity contribution in [3.05, 3.63) is 35.5 Å². The van der Waals surface area contributed by atoms with Crippen molar-refractivity contribution in [2.45, 2.75) is 19.6 Å². The first-order chi connectivity index (χ1) is 10.7. The summed E-state index contributed by atoms with van der Waals surface area (Å²) in [5.74, 6) is -3.88. The number of cyclic esters (lactones) is 2. The van der Waals surface area contributed by atoms with Crippen LogP contribution in [0.5, 0.6) is 5.75 Å². The molecular formula is C15H15NO7. The molecule has 0 radical (unpaired) electrons. The summed E-state index contributed by atoms with van der Waals surface area (Å²) in [5, 5.41) is 11.8. The van der Waals surface area contributed by atoms with Crippen LogP contribution < -0.4 is 10.1 Å². The lowest BCUT2D eigenvalue weighted by atomic mass is 10.1. The second kappa shape index (κ2) is 5.99. The number of carbonyl (C=O) groups excluding carboxylic acids is 2. The van der Waals surface area contributed by atoms with Crippen LogP contribution in [0.1, 0.15) is 24.2 Å². The fraction of sp³-hybridized carbons (Fsp3) is 0.267. The Bertz CT molecular complexity index is 684. The fourth-order valence-electron chi connectivity index (χ4n) is 1.88. The van der Waals surface area contributed by atoms with Crippen LogP contribution in [0, 0.1) is 0 Å². The number of hydrogen-bond donors (Lipinski definition) is 2. The normalized spacial score (nSPS) is 16.2. The molecule has 8 heteroatoms. The van der Waals surface area contributed by atoms with Crippen LogP contribution in [-0.4, -0.2) is 35.9 Å². The molecule has 1 heterocycles. The molecule has 0 atom stereocenters. The van der Waals surface area contributed by atoms with Crippen LogP contribution in [0.3, 0.4) is 0 Å². The Labute approximate surface area is 131 Å². The van der Waals surface area contributed by atoms with Crippen LogP contribution in [0.2, 0.25) is 0 Å². The van der Waals surface area contributed by atoms with Gasteiger partial charge in [-0.2, -0.15) is 0 Å². The standard InChI is InChI=1S/C15H15NO7/c1-15(2)22-13(19)10(14(20)23-15)7-16-11-5-4-8(21-3)6-9(11)12(17)18/h4-7,16H,1-3H3,(H,17,18). The van der Waals surface area contributed by atoms with Crippen LogP contribution in [-0.2, 0) is 19.1 Å². The van der Waals surface area contributed by atoms with Crippen LogP contribution in [0.25, 0.3) is 0 Å². The topological polar surface area (TPSA) is 111 Å². The largest absolute Gasteiger partial charge is 0.497 e. The van der Waals surface area contributed by atoms with Crippen molar-refractivity contribution < 1.29 is 33.7 Å². The van der Waals surface area contributed by atoms with E-state index in [-0.39, 0.29) is 16.8 Å². The number of benzene rings is 1. The molecule has 122 valence electrons. The lowest BCUT2D eigenvalue weighted by Crippen LogP contribution is -2.42. The Kier molecular flexibility index (Phi) is 4.26. The summed E-state index contributed by atoms with van der Waals surface area (Å²) in [6.07, 6.45) is 1.05. The van der Waals surface area contributed by atoms with E-state index in [9.17, 15) is 19.5 Å². The monoisotopic (exact) mass is 321 g/mol. The zero-order valence-corrected chi connectivity index (χ0v) is 12.7. The summed E-state index contributed by atoms with van der Waals surface area (Å²) in [6, 6.07) is 4.29. The Hall–Kier alpha value is -3.03. The minimum Gasteiger partial charge on any atom is -0.497 e. The van der Waals surface area contributed by atoms with Crippen molar-refractivity contribution in [1.82, 2.24) is 0 Å². The van der Waals surface area contributed by atoms with E-state index < -0.39 is 23.7 Å². The maximum Gasteiger partial charge on any atom is 0.350 e. The fourth-order valence-corrected chi connectivity index (χ4v) is 1.88. The van der Waals surface area contributed by atoms with E-state index >= 15 is 0 Å². The number of methoxy groups -OCH3 is 1. The number of ether oxygens (including phenoxy) is 3. The second-order valence-electron chi connectivity index (χ2n) is 5.10. The summed E-state index contributed by atoms with van der Waals surface area (Å²) >= 11 is 0. The van der Waals surface area contributed by atoms with E-state index in [1.54, 1.807) is 0 Å². The molecule has 1 fully saturated rings.